The van der Waals surface area contributed by atoms with E-state index in [4.69, 9.17) is 18.9 Å². The van der Waals surface area contributed by atoms with Gasteiger partial charge in [0.2, 0.25) is 11.6 Å². The normalized spacial score (nSPS) is 29.9. The van der Waals surface area contributed by atoms with E-state index in [-0.39, 0.29) is 82.7 Å². The van der Waals surface area contributed by atoms with Crippen molar-refractivity contribution in [2.75, 3.05) is 38.2 Å². The number of hydrogen-bond acceptors (Lipinski definition) is 17. The van der Waals surface area contributed by atoms with Gasteiger partial charge in [-0.15, -0.1) is 0 Å². The average Bonchev–Trinajstić information content (AvgIpc) is 4.19. The van der Waals surface area contributed by atoms with Crippen LogP contribution in [0.4, 0.5) is 10.1 Å². The minimum atomic E-state index is -2.03. The largest absolute Gasteiger partial charge is 0.508 e. The number of ether oxygens (including phenoxy) is 4. The summed E-state index contributed by atoms with van der Waals surface area (Å²) in [6, 6.07) is 2.75. The molecule has 9 atom stereocenters. The lowest BCUT2D eigenvalue weighted by molar-refractivity contribution is -0.160. The molecule has 4 aliphatic heterocycles. The molecule has 400 valence electrons. The number of carbonyl (C=O) groups is 4. The Labute approximate surface area is 432 Å². The van der Waals surface area contributed by atoms with Crippen molar-refractivity contribution in [3.8, 4) is 11.5 Å². The first kappa shape index (κ1) is 54.0. The van der Waals surface area contributed by atoms with E-state index in [1.807, 2.05) is 4.57 Å². The Kier molecular flexibility index (Phi) is 15.0. The van der Waals surface area contributed by atoms with Crippen LogP contribution in [-0.2, 0) is 23.8 Å². The van der Waals surface area contributed by atoms with Crippen LogP contribution < -0.4 is 20.4 Å². The lowest BCUT2D eigenvalue weighted by Crippen LogP contribution is -2.50. The second-order valence-electron chi connectivity index (χ2n) is 20.4. The Balaban J connectivity index is 1.22. The second kappa shape index (κ2) is 20.8. The third kappa shape index (κ3) is 9.70. The Bertz CT molecular complexity index is 3110. The van der Waals surface area contributed by atoms with Crippen molar-refractivity contribution in [3.05, 3.63) is 116 Å². The summed E-state index contributed by atoms with van der Waals surface area (Å²) in [6.07, 6.45) is 6.34. The van der Waals surface area contributed by atoms with Gasteiger partial charge >= 0.3 is 5.97 Å². The maximum Gasteiger partial charge on any atom is 0.302 e. The van der Waals surface area contributed by atoms with Gasteiger partial charge in [0, 0.05) is 99.6 Å². The number of anilines is 1. The number of aliphatic hydroxyl groups excluding tert-OH is 3. The van der Waals surface area contributed by atoms with Crippen LogP contribution in [0.3, 0.4) is 0 Å². The first-order valence-electron chi connectivity index (χ1n) is 24.9. The van der Waals surface area contributed by atoms with E-state index in [1.165, 1.54) is 65.5 Å². The fourth-order valence-electron chi connectivity index (χ4n) is 10.8. The first-order chi connectivity index (χ1) is 35.5. The van der Waals surface area contributed by atoms with Gasteiger partial charge in [0.15, 0.2) is 11.1 Å². The summed E-state index contributed by atoms with van der Waals surface area (Å²) in [4.78, 5) is 73.9. The highest BCUT2D eigenvalue weighted by Crippen LogP contribution is 2.49. The van der Waals surface area contributed by atoms with Crippen LogP contribution in [0.2, 0.25) is 0 Å². The Morgan fingerprint density at radius 3 is 2.21 bits per heavy atom. The molecule has 20 heteroatoms. The van der Waals surface area contributed by atoms with Crippen molar-refractivity contribution in [1.29, 1.82) is 0 Å². The monoisotopic (exact) mass is 1040 g/mol. The summed E-state index contributed by atoms with van der Waals surface area (Å²) < 4.78 is 42.1. The molecule has 9 rings (SSSR count). The molecule has 2 fully saturated rings. The number of hydrogen-bond donors (Lipinski definition) is 6. The molecule has 0 spiro atoms. The number of benzene rings is 2. The van der Waals surface area contributed by atoms with Gasteiger partial charge in [0.25, 0.3) is 11.7 Å². The number of aromatic hydroxyl groups is 1. The number of amides is 1. The molecule has 0 unspecified atom stereocenters. The fourth-order valence-corrected chi connectivity index (χ4v) is 10.8. The van der Waals surface area contributed by atoms with Gasteiger partial charge < -0.3 is 64.3 Å². The molecule has 5 heterocycles. The lowest BCUT2D eigenvalue weighted by atomic mass is 9.78. The number of pyridine rings is 1. The number of halogens is 1. The minimum Gasteiger partial charge on any atom is -0.508 e. The van der Waals surface area contributed by atoms with Crippen molar-refractivity contribution in [2.45, 2.75) is 104 Å². The van der Waals surface area contributed by atoms with Crippen molar-refractivity contribution in [1.82, 2.24) is 14.8 Å². The minimum absolute atomic E-state index is 0.0105. The third-order valence-electron chi connectivity index (χ3n) is 15.3. The number of nitrogens with one attached hydrogen (secondary N) is 1. The number of carbonyl (C=O) groups excluding carboxylic acids is 4. The van der Waals surface area contributed by atoms with Gasteiger partial charge in [-0.2, -0.15) is 0 Å². The smallest absolute Gasteiger partial charge is 0.302 e. The highest BCUT2D eigenvalue weighted by atomic mass is 19.1. The zero-order valence-corrected chi connectivity index (χ0v) is 43.3. The number of methoxy groups -OCH3 is 1. The maximum atomic E-state index is 16.2. The van der Waals surface area contributed by atoms with Gasteiger partial charge in [-0.05, 0) is 44.9 Å². The van der Waals surface area contributed by atoms with Crippen LogP contribution in [0.5, 0.6) is 11.5 Å². The number of phenols is 1. The number of Topliss-reactive ketones (excluding diaryl/α,β-unsaturated/α-hetero) is 2. The second-order valence-corrected chi connectivity index (χ2v) is 20.4. The number of oxime groups is 1. The zero-order chi connectivity index (χ0) is 54.7. The van der Waals surface area contributed by atoms with E-state index >= 15 is 14.0 Å². The van der Waals surface area contributed by atoms with E-state index in [9.17, 15) is 40.0 Å². The van der Waals surface area contributed by atoms with E-state index in [1.54, 1.807) is 49.6 Å². The number of nitrogens with zero attached hydrogens (tertiary/aromatic N) is 4. The molecule has 6 N–H and O–H groups in total. The van der Waals surface area contributed by atoms with Crippen LogP contribution in [0.1, 0.15) is 105 Å². The molecule has 1 saturated heterocycles. The van der Waals surface area contributed by atoms with Gasteiger partial charge in [-0.25, -0.2) is 4.39 Å². The molecule has 2 aliphatic carbocycles. The number of aromatic nitrogens is 1. The summed E-state index contributed by atoms with van der Waals surface area (Å²) in [5, 5.41) is 62.2. The summed E-state index contributed by atoms with van der Waals surface area (Å²) in [7, 11) is 1.41. The molecule has 1 aromatic heterocycles. The first-order valence-corrected chi connectivity index (χ1v) is 24.9. The lowest BCUT2D eigenvalue weighted by Gasteiger charge is -2.40. The average molecular weight is 1040 g/mol. The van der Waals surface area contributed by atoms with Crippen LogP contribution in [0, 0.1) is 36.4 Å². The summed E-state index contributed by atoms with van der Waals surface area (Å²) >= 11 is 0. The molecular formula is C55H64FN5O14. The van der Waals surface area contributed by atoms with Crippen LogP contribution in [0.15, 0.2) is 82.4 Å². The molecule has 6 aliphatic rings. The molecule has 75 heavy (non-hydrogen) atoms. The van der Waals surface area contributed by atoms with Crippen molar-refractivity contribution in [3.63, 3.8) is 0 Å². The van der Waals surface area contributed by atoms with E-state index in [0.29, 0.717) is 5.52 Å². The molecule has 19 nitrogen and oxygen atoms in total. The standard InChI is InChI=1S/C55H64FN5O14/c1-25-12-11-13-26(2)54(70)57-43-44(60-19-17-59(18-20-60)38-23-37-34(22-36(38)56)48(67)35(31(7)62)24-61(37)33-14-15-33)50(69)40-41(49(43)68)47(66)30(6)52-42(40)53(58-71)55(9,75-52)73-21-16-39(72-10)27(3)51(74-32(8)63)29(5)46(65)28(4)45(25)64/h11-13,16,21-25,27-29,33,39,45-46,51,62,64-66,71H,7,14-15,17-20H2,1-6,8-10H3,(H,57,70)/b12-11+,21-16+,26-13-,58-53+/t25-,27+,28+,29+,39-,45-,46+,51+,55-/m0/s1. The Morgan fingerprint density at radius 1 is 0.933 bits per heavy atom. The van der Waals surface area contributed by atoms with E-state index in [0.717, 1.165) is 18.9 Å². The topological polar surface area (TPSA) is 259 Å². The van der Waals surface area contributed by atoms with Crippen LogP contribution >= 0.6 is 0 Å². The molecular weight excluding hydrogens is 974 g/mol. The molecule has 0 radical (unpaired) electrons. The fraction of sp³-hybridized carbons (Fsp3) is 0.455. The highest BCUT2D eigenvalue weighted by molar-refractivity contribution is 6.33. The van der Waals surface area contributed by atoms with Gasteiger partial charge in [0.1, 0.15) is 40.6 Å². The predicted octanol–water partition coefficient (Wildman–Crippen LogP) is 6.09. The number of rotatable bonds is 6. The summed E-state index contributed by atoms with van der Waals surface area (Å²) in [5.41, 5.74) is -2.07. The van der Waals surface area contributed by atoms with Gasteiger partial charge in [0.05, 0.1) is 58.0 Å². The Hall–Kier alpha value is -7.29. The molecule has 3 aromatic rings. The van der Waals surface area contributed by atoms with E-state index < -0.39 is 117 Å². The van der Waals surface area contributed by atoms with Crippen molar-refractivity contribution >= 4 is 51.5 Å². The SMILES string of the molecule is C=C(O)c1cn(C2CC2)c2cc(N3CCN(C4=C5NC(=O)/C(C)=C\C=C\[C@H](C)[C@H](O)[C@@H](C)[C@@H](O)[C@@H](C)[C@H](OC(C)=O)[C@H](C)[C@@H](OC)/C=C/O[C@@]6(C)Oc7c(C)c(O)c(c(c7/C6=N\O)C4=O)C5=O)CC3)c(F)cc2c1=O. The van der Waals surface area contributed by atoms with Gasteiger partial charge in [-0.3, -0.25) is 24.0 Å². The number of phenolic OH excluding ortho intramolecular Hbond substituents is 1. The van der Waals surface area contributed by atoms with Crippen molar-refractivity contribution in [2.24, 2.45) is 28.8 Å². The third-order valence-corrected chi connectivity index (χ3v) is 15.3. The molecule has 1 saturated carbocycles. The number of aliphatic hydroxyl groups is 3. The summed E-state index contributed by atoms with van der Waals surface area (Å²) in [6.45, 7) is 16.0. The van der Waals surface area contributed by atoms with Crippen LogP contribution in [0.25, 0.3) is 16.7 Å². The van der Waals surface area contributed by atoms with Crippen LogP contribution in [-0.4, -0.2) is 128 Å². The quantitative estimate of drug-likeness (QED) is 0.0706. The molecule has 5 bridgehead atoms. The zero-order valence-electron chi connectivity index (χ0n) is 43.3. The summed E-state index contributed by atoms with van der Waals surface area (Å²) in [5.74, 6) is -9.89. The number of fused-ring (bicyclic) bond motifs is 15. The molecule has 2 aromatic carbocycles. The maximum absolute atomic E-state index is 16.2. The van der Waals surface area contributed by atoms with Crippen molar-refractivity contribution < 1.29 is 68.1 Å². The number of esters is 1. The van der Waals surface area contributed by atoms with Gasteiger partial charge in [-0.1, -0.05) is 57.7 Å². The molecule has 1 amide bonds. The van der Waals surface area contributed by atoms with E-state index in [2.05, 4.69) is 17.1 Å². The number of piperazine rings is 1. The predicted molar refractivity (Wildman–Crippen MR) is 274 cm³/mol. The number of allylic oxidation sites excluding steroid dienone is 4. The number of ketones is 2. The Morgan fingerprint density at radius 2 is 1.60 bits per heavy atom. The highest BCUT2D eigenvalue weighted by Gasteiger charge is 2.52.